The van der Waals surface area contributed by atoms with Crippen molar-refractivity contribution in [2.24, 2.45) is 5.73 Å². The molecule has 0 atom stereocenters. The van der Waals surface area contributed by atoms with Crippen LogP contribution in [0.25, 0.3) is 0 Å². The predicted molar refractivity (Wildman–Crippen MR) is 119 cm³/mol. The topological polar surface area (TPSA) is 55.0 Å². The minimum Gasteiger partial charge on any atom is -0.355 e. The molecule has 2 aliphatic carbocycles. The summed E-state index contributed by atoms with van der Waals surface area (Å²) in [5.41, 5.74) is 8.49. The molecule has 1 heterocycles. The van der Waals surface area contributed by atoms with Crippen LogP contribution in [0.15, 0.2) is 35.2 Å². The molecule has 4 rings (SSSR count). The van der Waals surface area contributed by atoms with E-state index in [0.717, 1.165) is 31.0 Å². The van der Waals surface area contributed by atoms with Gasteiger partial charge in [0.2, 0.25) is 0 Å². The van der Waals surface area contributed by atoms with Crippen molar-refractivity contribution in [3.05, 3.63) is 47.4 Å². The molecular weight excluding hydrogens is 399 g/mol. The lowest BCUT2D eigenvalue weighted by molar-refractivity contribution is 0.344. The maximum Gasteiger partial charge on any atom is 0.134 e. The van der Waals surface area contributed by atoms with Crippen molar-refractivity contribution < 1.29 is 0 Å². The van der Waals surface area contributed by atoms with Crippen molar-refractivity contribution in [2.75, 3.05) is 18.2 Å². The summed E-state index contributed by atoms with van der Waals surface area (Å²) < 4.78 is 0. The quantitative estimate of drug-likeness (QED) is 0.674. The molecule has 0 amide bonds. The van der Waals surface area contributed by atoms with Gasteiger partial charge in [0.05, 0.1) is 0 Å². The number of halogens is 2. The second-order valence-electron chi connectivity index (χ2n) is 7.42. The van der Waals surface area contributed by atoms with Crippen molar-refractivity contribution in [1.82, 2.24) is 9.97 Å². The largest absolute Gasteiger partial charge is 0.355 e. The Hall–Kier alpha value is -1.01. The second-order valence-corrected chi connectivity index (χ2v) is 8.30. The highest BCUT2D eigenvalue weighted by Crippen LogP contribution is 2.41. The molecule has 0 unspecified atom stereocenters. The molecule has 1 aromatic heterocycles. The highest BCUT2D eigenvalue weighted by atomic mass is 35.5. The smallest absolute Gasteiger partial charge is 0.134 e. The summed E-state index contributed by atoms with van der Waals surface area (Å²) in [6.07, 6.45) is 6.68. The first-order valence-corrected chi connectivity index (χ1v) is 10.3. The minimum atomic E-state index is 0. The van der Waals surface area contributed by atoms with Crippen LogP contribution < -0.4 is 10.6 Å². The van der Waals surface area contributed by atoms with Gasteiger partial charge < -0.3 is 10.6 Å². The molecule has 2 saturated carbocycles. The molecule has 0 aliphatic heterocycles. The zero-order valence-electron chi connectivity index (χ0n) is 15.8. The van der Waals surface area contributed by atoms with Crippen molar-refractivity contribution in [3.63, 3.8) is 0 Å². The molecule has 0 radical (unpaired) electrons. The Balaban J connectivity index is 0.00000131. The fourth-order valence-corrected chi connectivity index (χ4v) is 3.91. The number of hydrogen-bond donors (Lipinski definition) is 1. The van der Waals surface area contributed by atoms with Crippen molar-refractivity contribution in [1.29, 1.82) is 0 Å². The van der Waals surface area contributed by atoms with E-state index in [4.69, 9.17) is 15.7 Å². The van der Waals surface area contributed by atoms with E-state index in [9.17, 15) is 0 Å². The van der Waals surface area contributed by atoms with Gasteiger partial charge in [0.25, 0.3) is 0 Å². The Bertz CT molecular complexity index is 763. The number of rotatable bonds is 6. The molecular formula is C20H28Cl2N4S. The van der Waals surface area contributed by atoms with Crippen molar-refractivity contribution in [3.8, 4) is 0 Å². The van der Waals surface area contributed by atoms with Crippen LogP contribution in [0, 0.1) is 0 Å². The van der Waals surface area contributed by atoms with E-state index < -0.39 is 0 Å². The van der Waals surface area contributed by atoms with E-state index in [1.807, 2.05) is 0 Å². The summed E-state index contributed by atoms with van der Waals surface area (Å²) in [5, 5.41) is 0. The van der Waals surface area contributed by atoms with Crippen LogP contribution in [0.5, 0.6) is 0 Å². The molecule has 148 valence electrons. The van der Waals surface area contributed by atoms with Gasteiger partial charge in [0.1, 0.15) is 11.6 Å². The Kier molecular flexibility index (Phi) is 7.81. The van der Waals surface area contributed by atoms with Crippen molar-refractivity contribution in [2.45, 2.75) is 55.0 Å². The molecule has 2 N–H and O–H groups in total. The standard InChI is InChI=1S/C20H26N4S.2ClH/c1-24(12-13-4-3-5-17(8-13)25-2)19-11-18(15-9-16(21)10-15)22-20(23-19)14-6-7-14;;/h3-5,8,11,14-16H,6-7,9-10,12,21H2,1-2H3;2*1H. The molecule has 0 saturated heterocycles. The molecule has 4 nitrogen and oxygen atoms in total. The zero-order valence-corrected chi connectivity index (χ0v) is 18.2. The van der Waals surface area contributed by atoms with E-state index in [1.165, 1.54) is 29.0 Å². The lowest BCUT2D eigenvalue weighted by Crippen LogP contribution is -2.35. The predicted octanol–water partition coefficient (Wildman–Crippen LogP) is 4.76. The lowest BCUT2D eigenvalue weighted by atomic mass is 9.78. The number of hydrogen-bond acceptors (Lipinski definition) is 5. The van der Waals surface area contributed by atoms with Crippen LogP contribution in [-0.4, -0.2) is 29.3 Å². The van der Waals surface area contributed by atoms with Gasteiger partial charge in [-0.3, -0.25) is 0 Å². The molecule has 2 fully saturated rings. The monoisotopic (exact) mass is 426 g/mol. The number of anilines is 1. The Labute approximate surface area is 178 Å². The maximum atomic E-state index is 5.99. The van der Waals surface area contributed by atoms with Gasteiger partial charge in [-0.2, -0.15) is 0 Å². The molecule has 2 aromatic rings. The van der Waals surface area contributed by atoms with E-state index in [1.54, 1.807) is 11.8 Å². The number of thioether (sulfide) groups is 1. The Morgan fingerprint density at radius 1 is 1.11 bits per heavy atom. The van der Waals surface area contributed by atoms with Crippen LogP contribution in [0.4, 0.5) is 5.82 Å². The Morgan fingerprint density at radius 3 is 2.48 bits per heavy atom. The van der Waals surface area contributed by atoms with Gasteiger partial charge >= 0.3 is 0 Å². The van der Waals surface area contributed by atoms with Crippen LogP contribution >= 0.6 is 36.6 Å². The average Bonchev–Trinajstić information content (AvgIpc) is 3.44. The molecule has 7 heteroatoms. The SMILES string of the molecule is CSc1cccc(CN(C)c2cc(C3CC(N)C3)nc(C3CC3)n2)c1.Cl.Cl. The van der Waals surface area contributed by atoms with Crippen LogP contribution in [0.1, 0.15) is 54.6 Å². The third-order valence-corrected chi connectivity index (χ3v) is 5.96. The van der Waals surface area contributed by atoms with Crippen LogP contribution in [0.3, 0.4) is 0 Å². The summed E-state index contributed by atoms with van der Waals surface area (Å²) >= 11 is 1.78. The summed E-state index contributed by atoms with van der Waals surface area (Å²) in [6, 6.07) is 11.3. The first-order chi connectivity index (χ1) is 12.1. The van der Waals surface area contributed by atoms with Gasteiger partial charge in [0, 0.05) is 48.1 Å². The highest BCUT2D eigenvalue weighted by molar-refractivity contribution is 7.98. The van der Waals surface area contributed by atoms with Gasteiger partial charge in [-0.1, -0.05) is 12.1 Å². The van der Waals surface area contributed by atoms with Crippen molar-refractivity contribution >= 4 is 42.4 Å². The second kappa shape index (κ2) is 9.46. The molecule has 2 aliphatic rings. The summed E-state index contributed by atoms with van der Waals surface area (Å²) in [6.45, 7) is 0.860. The number of nitrogens with two attached hydrogens (primary N) is 1. The molecule has 27 heavy (non-hydrogen) atoms. The maximum absolute atomic E-state index is 5.99. The minimum absolute atomic E-state index is 0. The van der Waals surface area contributed by atoms with Gasteiger partial charge in [-0.05, 0) is 49.6 Å². The first-order valence-electron chi connectivity index (χ1n) is 9.11. The average molecular weight is 427 g/mol. The molecule has 1 aromatic carbocycles. The number of aromatic nitrogens is 2. The van der Waals surface area contributed by atoms with Gasteiger partial charge in [0.15, 0.2) is 0 Å². The first kappa shape index (κ1) is 22.3. The zero-order chi connectivity index (χ0) is 17.4. The lowest BCUT2D eigenvalue weighted by Gasteiger charge is -2.32. The summed E-state index contributed by atoms with van der Waals surface area (Å²) in [4.78, 5) is 13.3. The van der Waals surface area contributed by atoms with E-state index in [0.29, 0.717) is 17.9 Å². The third-order valence-electron chi connectivity index (χ3n) is 5.23. The fourth-order valence-electron chi connectivity index (χ4n) is 3.43. The molecule has 0 spiro atoms. The van der Waals surface area contributed by atoms with Crippen LogP contribution in [-0.2, 0) is 6.54 Å². The Morgan fingerprint density at radius 2 is 1.85 bits per heavy atom. The fraction of sp³-hybridized carbons (Fsp3) is 0.500. The van der Waals surface area contributed by atoms with E-state index >= 15 is 0 Å². The van der Waals surface area contributed by atoms with Crippen LogP contribution in [0.2, 0.25) is 0 Å². The number of benzene rings is 1. The van der Waals surface area contributed by atoms with Gasteiger partial charge in [-0.25, -0.2) is 9.97 Å². The van der Waals surface area contributed by atoms with E-state index in [2.05, 4.69) is 48.5 Å². The molecule has 0 bridgehead atoms. The van der Waals surface area contributed by atoms with Gasteiger partial charge in [-0.15, -0.1) is 36.6 Å². The highest BCUT2D eigenvalue weighted by Gasteiger charge is 2.32. The number of nitrogens with zero attached hydrogens (tertiary/aromatic N) is 3. The summed E-state index contributed by atoms with van der Waals surface area (Å²) in [5.74, 6) is 3.17. The third kappa shape index (κ3) is 5.29. The van der Waals surface area contributed by atoms with E-state index in [-0.39, 0.29) is 24.8 Å². The normalized spacial score (nSPS) is 20.9. The summed E-state index contributed by atoms with van der Waals surface area (Å²) in [7, 11) is 2.13.